The van der Waals surface area contributed by atoms with Crippen molar-refractivity contribution in [1.29, 1.82) is 0 Å². The van der Waals surface area contributed by atoms with Crippen LogP contribution >= 0.6 is 11.6 Å². The minimum absolute atomic E-state index is 0.0157. The van der Waals surface area contributed by atoms with Crippen LogP contribution in [0.15, 0.2) is 12.3 Å². The second kappa shape index (κ2) is 7.40. The van der Waals surface area contributed by atoms with E-state index in [0.717, 1.165) is 6.20 Å². The third kappa shape index (κ3) is 3.93. The Bertz CT molecular complexity index is 775. The monoisotopic (exact) mass is 374 g/mol. The molecule has 0 aromatic carbocycles. The highest BCUT2D eigenvalue weighted by atomic mass is 35.5. The maximum Gasteiger partial charge on any atom is 0.320 e. The molecule has 6 nitrogen and oxygen atoms in total. The third-order valence-corrected chi connectivity index (χ3v) is 3.84. The largest absolute Gasteiger partial charge is 0.454 e. The Balaban J connectivity index is 1.85. The molecule has 0 saturated carbocycles. The second-order valence-corrected chi connectivity index (χ2v) is 5.67. The van der Waals surface area contributed by atoms with Crippen molar-refractivity contribution in [2.75, 3.05) is 31.2 Å². The molecule has 2 aromatic heterocycles. The van der Waals surface area contributed by atoms with Crippen molar-refractivity contribution < 1.29 is 22.6 Å². The van der Waals surface area contributed by atoms with Crippen LogP contribution in [0.3, 0.4) is 0 Å². The molecule has 1 atom stereocenters. The van der Waals surface area contributed by atoms with Crippen LogP contribution in [0.4, 0.5) is 19.0 Å². The van der Waals surface area contributed by atoms with E-state index in [2.05, 4.69) is 15.0 Å². The number of morpholine rings is 1. The highest BCUT2D eigenvalue weighted by Gasteiger charge is 2.23. The molecule has 0 unspecified atom stereocenters. The number of aromatic nitrogens is 3. The number of pyridine rings is 1. The molecule has 0 radical (unpaired) electrons. The molecule has 0 aliphatic carbocycles. The lowest BCUT2D eigenvalue weighted by molar-refractivity contribution is 0.121. The van der Waals surface area contributed by atoms with Crippen LogP contribution in [0.25, 0.3) is 0 Å². The molecule has 1 saturated heterocycles. The van der Waals surface area contributed by atoms with Gasteiger partial charge in [0.2, 0.25) is 5.82 Å². The Morgan fingerprint density at radius 2 is 1.96 bits per heavy atom. The molecule has 1 aliphatic heterocycles. The molecule has 3 rings (SSSR count). The van der Waals surface area contributed by atoms with Crippen LogP contribution in [0, 0.1) is 17.5 Å². The molecule has 0 spiro atoms. The summed E-state index contributed by atoms with van der Waals surface area (Å²) in [6, 6.07) is 0.464. The highest BCUT2D eigenvalue weighted by molar-refractivity contribution is 6.29. The van der Waals surface area contributed by atoms with Gasteiger partial charge in [-0.05, 0) is 6.92 Å². The Labute approximate surface area is 146 Å². The minimum atomic E-state index is -0.931. The van der Waals surface area contributed by atoms with Gasteiger partial charge in [0.15, 0.2) is 16.8 Å². The standard InChI is InChI=1S/C15H14ClF3N4O2/c1-8(12-10(18)6-9(17)7-20-12)25-15-21-13(16)11(19)14(22-15)23-2-4-24-5-3-23/h6-8H,2-5H2,1H3/t8-/m0/s1. The van der Waals surface area contributed by atoms with E-state index in [1.54, 1.807) is 4.90 Å². The van der Waals surface area contributed by atoms with E-state index in [0.29, 0.717) is 32.4 Å². The summed E-state index contributed by atoms with van der Waals surface area (Å²) in [6.45, 7) is 3.22. The zero-order chi connectivity index (χ0) is 18.0. The predicted molar refractivity (Wildman–Crippen MR) is 83.2 cm³/mol. The summed E-state index contributed by atoms with van der Waals surface area (Å²) >= 11 is 5.82. The molecule has 0 N–H and O–H groups in total. The molecule has 0 amide bonds. The van der Waals surface area contributed by atoms with E-state index in [-0.39, 0.29) is 17.5 Å². The first-order valence-electron chi connectivity index (χ1n) is 7.49. The Kier molecular flexibility index (Phi) is 5.24. The van der Waals surface area contributed by atoms with Crippen molar-refractivity contribution in [2.24, 2.45) is 0 Å². The molecule has 1 aliphatic rings. The number of rotatable bonds is 4. The molecular formula is C15H14ClF3N4O2. The van der Waals surface area contributed by atoms with Crippen molar-refractivity contribution in [3.05, 3.63) is 40.6 Å². The minimum Gasteiger partial charge on any atom is -0.454 e. The molecular weight excluding hydrogens is 361 g/mol. The third-order valence-electron chi connectivity index (χ3n) is 3.59. The Morgan fingerprint density at radius 3 is 2.64 bits per heavy atom. The number of ether oxygens (including phenoxy) is 2. The molecule has 134 valence electrons. The zero-order valence-corrected chi connectivity index (χ0v) is 13.9. The Morgan fingerprint density at radius 1 is 1.24 bits per heavy atom. The van der Waals surface area contributed by atoms with E-state index in [1.807, 2.05) is 0 Å². The van der Waals surface area contributed by atoms with Gasteiger partial charge in [-0.3, -0.25) is 4.98 Å². The lowest BCUT2D eigenvalue weighted by Crippen LogP contribution is -2.37. The average molecular weight is 375 g/mol. The molecule has 3 heterocycles. The van der Waals surface area contributed by atoms with E-state index < -0.39 is 28.7 Å². The van der Waals surface area contributed by atoms with Crippen molar-refractivity contribution in [2.45, 2.75) is 13.0 Å². The van der Waals surface area contributed by atoms with Crippen LogP contribution in [0.1, 0.15) is 18.7 Å². The van der Waals surface area contributed by atoms with Gasteiger partial charge < -0.3 is 14.4 Å². The van der Waals surface area contributed by atoms with Crippen LogP contribution in [0.2, 0.25) is 5.15 Å². The number of halogens is 4. The summed E-state index contributed by atoms with van der Waals surface area (Å²) in [5.41, 5.74) is -0.127. The fourth-order valence-electron chi connectivity index (χ4n) is 2.37. The molecule has 0 bridgehead atoms. The molecule has 25 heavy (non-hydrogen) atoms. The first kappa shape index (κ1) is 17.7. The fourth-order valence-corrected chi connectivity index (χ4v) is 2.52. The average Bonchev–Trinajstić information content (AvgIpc) is 2.58. The topological polar surface area (TPSA) is 60.4 Å². The summed E-state index contributed by atoms with van der Waals surface area (Å²) < 4.78 is 51.6. The van der Waals surface area contributed by atoms with Crippen LogP contribution in [-0.2, 0) is 4.74 Å². The van der Waals surface area contributed by atoms with Crippen molar-refractivity contribution >= 4 is 17.4 Å². The van der Waals surface area contributed by atoms with E-state index in [1.165, 1.54) is 6.92 Å². The number of hydrogen-bond donors (Lipinski definition) is 0. The van der Waals surface area contributed by atoms with Gasteiger partial charge in [0, 0.05) is 19.2 Å². The van der Waals surface area contributed by atoms with Gasteiger partial charge in [-0.25, -0.2) is 8.78 Å². The van der Waals surface area contributed by atoms with E-state index >= 15 is 0 Å². The molecule has 2 aromatic rings. The predicted octanol–water partition coefficient (Wildman–Crippen LogP) is 2.92. The first-order valence-corrected chi connectivity index (χ1v) is 7.87. The van der Waals surface area contributed by atoms with Gasteiger partial charge in [0.1, 0.15) is 17.6 Å². The quantitative estimate of drug-likeness (QED) is 0.767. The molecule has 10 heteroatoms. The number of anilines is 1. The summed E-state index contributed by atoms with van der Waals surface area (Å²) in [5.74, 6) is -2.45. The van der Waals surface area contributed by atoms with Gasteiger partial charge in [0.25, 0.3) is 0 Å². The Hall–Kier alpha value is -2.13. The smallest absolute Gasteiger partial charge is 0.320 e. The van der Waals surface area contributed by atoms with Crippen molar-refractivity contribution in [3.63, 3.8) is 0 Å². The van der Waals surface area contributed by atoms with Gasteiger partial charge in [0.05, 0.1) is 19.4 Å². The maximum absolute atomic E-state index is 14.2. The summed E-state index contributed by atoms with van der Waals surface area (Å²) in [5, 5.41) is -0.411. The number of nitrogens with zero attached hydrogens (tertiary/aromatic N) is 4. The first-order chi connectivity index (χ1) is 12.0. The molecule has 1 fully saturated rings. The van der Waals surface area contributed by atoms with E-state index in [4.69, 9.17) is 21.1 Å². The van der Waals surface area contributed by atoms with E-state index in [9.17, 15) is 13.2 Å². The van der Waals surface area contributed by atoms with Crippen molar-refractivity contribution in [3.8, 4) is 6.01 Å². The fraction of sp³-hybridized carbons (Fsp3) is 0.400. The van der Waals surface area contributed by atoms with Gasteiger partial charge in [-0.1, -0.05) is 11.6 Å². The lowest BCUT2D eigenvalue weighted by Gasteiger charge is -2.28. The van der Waals surface area contributed by atoms with Gasteiger partial charge in [-0.2, -0.15) is 14.4 Å². The summed E-state index contributed by atoms with van der Waals surface area (Å²) in [6.07, 6.45) is -0.0599. The van der Waals surface area contributed by atoms with Crippen LogP contribution in [-0.4, -0.2) is 41.3 Å². The maximum atomic E-state index is 14.2. The normalized spacial score (nSPS) is 16.0. The van der Waals surface area contributed by atoms with Crippen LogP contribution in [0.5, 0.6) is 6.01 Å². The summed E-state index contributed by atoms with van der Waals surface area (Å²) in [7, 11) is 0. The van der Waals surface area contributed by atoms with Gasteiger partial charge >= 0.3 is 6.01 Å². The van der Waals surface area contributed by atoms with Crippen molar-refractivity contribution in [1.82, 2.24) is 15.0 Å². The van der Waals surface area contributed by atoms with Gasteiger partial charge in [-0.15, -0.1) is 0 Å². The number of hydrogen-bond acceptors (Lipinski definition) is 6. The van der Waals surface area contributed by atoms with Crippen LogP contribution < -0.4 is 9.64 Å². The SMILES string of the molecule is C[C@H](Oc1nc(Cl)c(F)c(N2CCOCC2)n1)c1ncc(F)cc1F. The second-order valence-electron chi connectivity index (χ2n) is 5.31. The highest BCUT2D eigenvalue weighted by Crippen LogP contribution is 2.28. The lowest BCUT2D eigenvalue weighted by atomic mass is 10.2. The summed E-state index contributed by atoms with van der Waals surface area (Å²) in [4.78, 5) is 13.1. The zero-order valence-electron chi connectivity index (χ0n) is 13.2.